The normalized spacial score (nSPS) is 11.8. The van der Waals surface area contributed by atoms with Gasteiger partial charge in [-0.05, 0) is 59.3 Å². The number of rotatable bonds is 3. The van der Waals surface area contributed by atoms with Crippen LogP contribution in [0.25, 0.3) is 77.3 Å². The summed E-state index contributed by atoms with van der Waals surface area (Å²) in [4.78, 5) is 10.5. The van der Waals surface area contributed by atoms with Crippen LogP contribution in [0.1, 0.15) is 0 Å². The number of fused-ring (bicyclic) bond motifs is 6. The van der Waals surface area contributed by atoms with E-state index >= 15 is 0 Å². The summed E-state index contributed by atoms with van der Waals surface area (Å²) in [6.45, 7) is 0. The summed E-state index contributed by atoms with van der Waals surface area (Å²) in [6.07, 6.45) is 2.15. The molecule has 0 fully saturated rings. The van der Waals surface area contributed by atoms with Crippen LogP contribution >= 0.6 is 0 Å². The van der Waals surface area contributed by atoms with Crippen LogP contribution < -0.4 is 0 Å². The Morgan fingerprint density at radius 2 is 1.21 bits per heavy atom. The van der Waals surface area contributed by atoms with Gasteiger partial charge < -0.3 is 4.57 Å². The maximum atomic E-state index is 5.31. The summed E-state index contributed by atoms with van der Waals surface area (Å²) >= 11 is 0. The number of hydrogen-bond acceptors (Lipinski definition) is 2. The highest BCUT2D eigenvalue weighted by atomic mass is 15.2. The largest absolute Gasteiger partial charge is 0.316 e. The molecule has 42 heavy (non-hydrogen) atoms. The number of aromatic nitrogens is 4. The Kier molecular flexibility index (Phi) is 4.87. The van der Waals surface area contributed by atoms with E-state index in [1.807, 2.05) is 6.07 Å². The Labute approximate surface area is 241 Å². The van der Waals surface area contributed by atoms with Crippen LogP contribution in [0.5, 0.6) is 0 Å². The highest BCUT2D eigenvalue weighted by Gasteiger charge is 2.19. The minimum Gasteiger partial charge on any atom is -0.316 e. The molecule has 0 amide bonds. The topological polar surface area (TPSA) is 35.6 Å². The van der Waals surface area contributed by atoms with E-state index in [2.05, 4.69) is 149 Å². The van der Waals surface area contributed by atoms with Crippen LogP contribution in [0.3, 0.4) is 0 Å². The molecule has 0 unspecified atom stereocenters. The smallest absolute Gasteiger partial charge is 0.235 e. The van der Waals surface area contributed by atoms with Crippen molar-refractivity contribution in [1.29, 1.82) is 0 Å². The fraction of sp³-hybridized carbons (Fsp3) is 0. The zero-order valence-corrected chi connectivity index (χ0v) is 22.6. The maximum Gasteiger partial charge on any atom is 0.235 e. The van der Waals surface area contributed by atoms with Crippen molar-refractivity contribution >= 4 is 54.4 Å². The first-order valence-electron chi connectivity index (χ1n) is 14.2. The zero-order chi connectivity index (χ0) is 27.6. The van der Waals surface area contributed by atoms with Gasteiger partial charge in [-0.25, -0.2) is 9.97 Å². The lowest BCUT2D eigenvalue weighted by Crippen LogP contribution is -2.03. The second-order valence-corrected chi connectivity index (χ2v) is 10.8. The molecule has 4 nitrogen and oxygen atoms in total. The van der Waals surface area contributed by atoms with Gasteiger partial charge in [0, 0.05) is 39.0 Å². The minimum atomic E-state index is 0.667. The average Bonchev–Trinajstić information content (AvgIpc) is 3.62. The Hall–Kier alpha value is -5.74. The molecular formula is C38H24N4. The van der Waals surface area contributed by atoms with Crippen molar-refractivity contribution in [2.45, 2.75) is 0 Å². The van der Waals surface area contributed by atoms with Crippen LogP contribution in [0.2, 0.25) is 0 Å². The van der Waals surface area contributed by atoms with Crippen LogP contribution in [0.15, 0.2) is 146 Å². The monoisotopic (exact) mass is 536 g/mol. The van der Waals surface area contributed by atoms with Crippen LogP contribution in [0, 0.1) is 0 Å². The van der Waals surface area contributed by atoms with E-state index in [0.29, 0.717) is 5.95 Å². The van der Waals surface area contributed by atoms with Gasteiger partial charge in [-0.2, -0.15) is 0 Å². The summed E-state index contributed by atoms with van der Waals surface area (Å²) in [5.74, 6) is 0.667. The summed E-state index contributed by atoms with van der Waals surface area (Å²) in [5, 5.41) is 7.02. The third-order valence-electron chi connectivity index (χ3n) is 8.33. The number of hydrogen-bond donors (Lipinski definition) is 0. The minimum absolute atomic E-state index is 0.667. The lowest BCUT2D eigenvalue weighted by atomic mass is 10.0. The molecule has 0 radical (unpaired) electrons. The van der Waals surface area contributed by atoms with E-state index in [9.17, 15) is 0 Å². The molecule has 0 saturated heterocycles. The molecule has 0 aliphatic carbocycles. The van der Waals surface area contributed by atoms with Crippen LogP contribution in [-0.2, 0) is 0 Å². The first-order chi connectivity index (χ1) is 20.8. The standard InChI is InChI=1S/C38H24N4/c1-2-12-29(13-3-1)41-21-20-27-23-32-30-14-7-9-17-34(30)42(36(32)24-35(27)41)38-39-33-16-8-6-15-31(33)37(40-38)28-19-18-25-10-4-5-11-26(25)22-28/h1-24H. The lowest BCUT2D eigenvalue weighted by Gasteiger charge is -2.12. The molecule has 4 heteroatoms. The van der Waals surface area contributed by atoms with Crippen molar-refractivity contribution < 1.29 is 0 Å². The van der Waals surface area contributed by atoms with Gasteiger partial charge in [-0.3, -0.25) is 4.57 Å². The summed E-state index contributed by atoms with van der Waals surface area (Å²) in [7, 11) is 0. The molecule has 0 atom stereocenters. The second-order valence-electron chi connectivity index (χ2n) is 10.8. The summed E-state index contributed by atoms with van der Waals surface area (Å²) in [5.41, 5.74) is 7.38. The van der Waals surface area contributed by atoms with Gasteiger partial charge >= 0.3 is 0 Å². The van der Waals surface area contributed by atoms with Crippen molar-refractivity contribution in [3.63, 3.8) is 0 Å². The molecular weight excluding hydrogens is 512 g/mol. The third-order valence-corrected chi connectivity index (χ3v) is 8.33. The number of para-hydroxylation sites is 3. The Morgan fingerprint density at radius 3 is 2.12 bits per heavy atom. The quantitative estimate of drug-likeness (QED) is 0.225. The maximum absolute atomic E-state index is 5.31. The van der Waals surface area contributed by atoms with Gasteiger partial charge in [-0.1, -0.05) is 91.0 Å². The molecule has 0 bridgehead atoms. The van der Waals surface area contributed by atoms with Gasteiger partial charge in [0.05, 0.1) is 27.8 Å². The molecule has 0 saturated carbocycles. The molecule has 0 aliphatic rings. The predicted molar refractivity (Wildman–Crippen MR) is 174 cm³/mol. The SMILES string of the molecule is c1ccc(-n2ccc3cc4c5ccccc5n(-c5nc(-c6ccc7ccccc7c6)c6ccccc6n5)c4cc32)cc1. The highest BCUT2D eigenvalue weighted by Crippen LogP contribution is 2.37. The fourth-order valence-electron chi connectivity index (χ4n) is 6.35. The first kappa shape index (κ1) is 23.0. The van der Waals surface area contributed by atoms with Crippen LogP contribution in [0.4, 0.5) is 0 Å². The first-order valence-corrected chi connectivity index (χ1v) is 14.2. The third kappa shape index (κ3) is 3.42. The van der Waals surface area contributed by atoms with Crippen molar-refractivity contribution in [1.82, 2.24) is 19.1 Å². The predicted octanol–water partition coefficient (Wildman–Crippen LogP) is 9.49. The van der Waals surface area contributed by atoms with Crippen molar-refractivity contribution in [3.8, 4) is 22.9 Å². The highest BCUT2D eigenvalue weighted by molar-refractivity contribution is 6.13. The molecule has 0 aliphatic heterocycles. The van der Waals surface area contributed by atoms with Gasteiger partial charge in [-0.15, -0.1) is 0 Å². The van der Waals surface area contributed by atoms with Gasteiger partial charge in [0.25, 0.3) is 0 Å². The number of nitrogens with zero attached hydrogens (tertiary/aromatic N) is 4. The summed E-state index contributed by atoms with van der Waals surface area (Å²) < 4.78 is 4.47. The molecule has 3 aromatic heterocycles. The second kappa shape index (κ2) is 8.88. The van der Waals surface area contributed by atoms with E-state index in [-0.39, 0.29) is 0 Å². The van der Waals surface area contributed by atoms with Gasteiger partial charge in [0.2, 0.25) is 5.95 Å². The van der Waals surface area contributed by atoms with Crippen molar-refractivity contribution in [2.75, 3.05) is 0 Å². The molecule has 6 aromatic carbocycles. The lowest BCUT2D eigenvalue weighted by molar-refractivity contribution is 1.01. The van der Waals surface area contributed by atoms with Crippen molar-refractivity contribution in [2.24, 2.45) is 0 Å². The number of benzene rings is 6. The van der Waals surface area contributed by atoms with E-state index in [4.69, 9.17) is 9.97 Å². The molecule has 3 heterocycles. The average molecular weight is 537 g/mol. The Bertz CT molecular complexity index is 2470. The molecule has 9 rings (SSSR count). The fourth-order valence-corrected chi connectivity index (χ4v) is 6.35. The van der Waals surface area contributed by atoms with Crippen molar-refractivity contribution in [3.05, 3.63) is 146 Å². The zero-order valence-electron chi connectivity index (χ0n) is 22.6. The molecule has 0 N–H and O–H groups in total. The van der Waals surface area contributed by atoms with Gasteiger partial charge in [0.15, 0.2) is 0 Å². The molecule has 0 spiro atoms. The van der Waals surface area contributed by atoms with Gasteiger partial charge in [0.1, 0.15) is 0 Å². The summed E-state index contributed by atoms with van der Waals surface area (Å²) in [6, 6.07) is 49.2. The Morgan fingerprint density at radius 1 is 0.452 bits per heavy atom. The van der Waals surface area contributed by atoms with E-state index in [0.717, 1.165) is 44.4 Å². The van der Waals surface area contributed by atoms with Crippen LogP contribution in [-0.4, -0.2) is 19.1 Å². The van der Waals surface area contributed by atoms with E-state index in [1.165, 1.54) is 26.9 Å². The van der Waals surface area contributed by atoms with E-state index in [1.54, 1.807) is 0 Å². The molecule has 9 aromatic rings. The molecule has 196 valence electrons. The Balaban J connectivity index is 1.36. The van der Waals surface area contributed by atoms with E-state index < -0.39 is 0 Å².